The van der Waals surface area contributed by atoms with Crippen molar-refractivity contribution in [3.05, 3.63) is 22.4 Å². The van der Waals surface area contributed by atoms with E-state index < -0.39 is 20.5 Å². The van der Waals surface area contributed by atoms with Gasteiger partial charge in [-0.2, -0.15) is 0 Å². The van der Waals surface area contributed by atoms with E-state index >= 15 is 0 Å². The molecule has 2 atom stereocenters. The molecule has 0 aromatic carbocycles. The van der Waals surface area contributed by atoms with Gasteiger partial charge in [-0.15, -0.1) is 11.3 Å². The van der Waals surface area contributed by atoms with E-state index in [1.807, 2.05) is 31.4 Å². The first kappa shape index (κ1) is 20.1. The largest absolute Gasteiger partial charge is 0.449 e. The first-order valence-corrected chi connectivity index (χ1v) is 12.5. The van der Waals surface area contributed by atoms with Gasteiger partial charge in [0.1, 0.15) is 6.04 Å². The number of carbonyl (C=O) groups excluding carboxylic acids is 2. The fourth-order valence-corrected chi connectivity index (χ4v) is 6.70. The molecule has 0 aliphatic carbocycles. The maximum Gasteiger partial charge on any atom is 0.417 e. The zero-order valence-corrected chi connectivity index (χ0v) is 17.6. The van der Waals surface area contributed by atoms with E-state index in [9.17, 15) is 9.59 Å². The summed E-state index contributed by atoms with van der Waals surface area (Å²) >= 11 is 1.54. The van der Waals surface area contributed by atoms with Gasteiger partial charge in [-0.1, -0.05) is 40.7 Å². The van der Waals surface area contributed by atoms with Gasteiger partial charge >= 0.3 is 6.09 Å². The third kappa shape index (κ3) is 4.15. The highest BCUT2D eigenvalue weighted by Crippen LogP contribution is 2.42. The minimum atomic E-state index is -1.94. The Hall–Kier alpha value is -1.18. The highest BCUT2D eigenvalue weighted by molar-refractivity contribution is 7.10. The number of thiophene rings is 1. The molecule has 1 aromatic rings. The number of nitrogens with zero attached hydrogens (tertiary/aromatic N) is 1. The third-order valence-corrected chi connectivity index (χ3v) is 10.5. The molecule has 1 aromatic heterocycles. The predicted octanol–water partition coefficient (Wildman–Crippen LogP) is 4.81. The van der Waals surface area contributed by atoms with E-state index in [2.05, 4.69) is 20.8 Å². The van der Waals surface area contributed by atoms with Gasteiger partial charge in [0.25, 0.3) is 5.91 Å². The highest BCUT2D eigenvalue weighted by Gasteiger charge is 2.55. The first-order valence-electron chi connectivity index (χ1n) is 9.10. The number of rotatable bonds is 8. The molecular formula is C18H29NO4SSi. The van der Waals surface area contributed by atoms with E-state index in [4.69, 9.17) is 9.16 Å². The third-order valence-electron chi connectivity index (χ3n) is 4.93. The SMILES string of the molecule is CC[Si](CC)(CC)O[C@@H]1C(=O)N(C(=O)OCC(C)C)[C@@H]1c1cccs1. The van der Waals surface area contributed by atoms with E-state index in [0.717, 1.165) is 23.0 Å². The van der Waals surface area contributed by atoms with Gasteiger partial charge in [0, 0.05) is 4.88 Å². The summed E-state index contributed by atoms with van der Waals surface area (Å²) in [5.74, 6) is -0.0349. The molecular weight excluding hydrogens is 354 g/mol. The quantitative estimate of drug-likeness (QED) is 0.477. The molecule has 1 saturated heterocycles. The number of β-lactam (4-membered cyclic amide) rings is 1. The molecule has 25 heavy (non-hydrogen) atoms. The van der Waals surface area contributed by atoms with Crippen LogP contribution in [0.1, 0.15) is 45.5 Å². The molecule has 140 valence electrons. The Morgan fingerprint density at radius 3 is 2.40 bits per heavy atom. The molecule has 2 rings (SSSR count). The van der Waals surface area contributed by atoms with Crippen LogP contribution >= 0.6 is 11.3 Å². The lowest BCUT2D eigenvalue weighted by Crippen LogP contribution is -2.64. The Kier molecular flexibility index (Phi) is 6.82. The number of imide groups is 1. The van der Waals surface area contributed by atoms with Crippen LogP contribution in [0.3, 0.4) is 0 Å². The van der Waals surface area contributed by atoms with Crippen LogP contribution in [0.5, 0.6) is 0 Å². The van der Waals surface area contributed by atoms with Crippen LogP contribution in [0.4, 0.5) is 4.79 Å². The van der Waals surface area contributed by atoms with Crippen molar-refractivity contribution in [1.29, 1.82) is 0 Å². The van der Waals surface area contributed by atoms with Gasteiger partial charge in [-0.25, -0.2) is 9.69 Å². The lowest BCUT2D eigenvalue weighted by atomic mass is 9.97. The van der Waals surface area contributed by atoms with Crippen molar-refractivity contribution in [2.24, 2.45) is 5.92 Å². The molecule has 1 fully saturated rings. The summed E-state index contributed by atoms with van der Waals surface area (Å²) in [7, 11) is -1.94. The maximum absolute atomic E-state index is 12.7. The van der Waals surface area contributed by atoms with Gasteiger partial charge in [-0.3, -0.25) is 4.79 Å². The zero-order valence-electron chi connectivity index (χ0n) is 15.8. The summed E-state index contributed by atoms with van der Waals surface area (Å²) in [6, 6.07) is 6.44. The first-order chi connectivity index (χ1) is 11.9. The van der Waals surface area contributed by atoms with Crippen LogP contribution in [-0.4, -0.2) is 37.9 Å². The Balaban J connectivity index is 2.21. The molecule has 0 N–H and O–H groups in total. The van der Waals surface area contributed by atoms with Gasteiger partial charge in [-0.05, 0) is 35.5 Å². The van der Waals surface area contributed by atoms with Gasteiger partial charge in [0.2, 0.25) is 0 Å². The van der Waals surface area contributed by atoms with Crippen molar-refractivity contribution in [3.8, 4) is 0 Å². The van der Waals surface area contributed by atoms with E-state index in [1.54, 1.807) is 11.3 Å². The zero-order chi connectivity index (χ0) is 18.6. The van der Waals surface area contributed by atoms with Gasteiger partial charge in [0.15, 0.2) is 14.4 Å². The molecule has 0 saturated carbocycles. The normalized spacial score (nSPS) is 20.7. The Bertz CT molecular complexity index is 578. The van der Waals surface area contributed by atoms with E-state index in [1.165, 1.54) is 4.90 Å². The van der Waals surface area contributed by atoms with Crippen LogP contribution < -0.4 is 0 Å². The lowest BCUT2D eigenvalue weighted by Gasteiger charge is -2.47. The Morgan fingerprint density at radius 2 is 1.92 bits per heavy atom. The lowest BCUT2D eigenvalue weighted by molar-refractivity contribution is -0.160. The van der Waals surface area contributed by atoms with Crippen molar-refractivity contribution in [1.82, 2.24) is 4.90 Å². The molecule has 1 aliphatic rings. The van der Waals surface area contributed by atoms with Gasteiger partial charge < -0.3 is 9.16 Å². The number of amides is 2. The Morgan fingerprint density at radius 1 is 1.28 bits per heavy atom. The smallest absolute Gasteiger partial charge is 0.417 e. The van der Waals surface area contributed by atoms with Crippen LogP contribution in [0.25, 0.3) is 0 Å². The summed E-state index contributed by atoms with van der Waals surface area (Å²) in [5, 5.41) is 1.96. The second-order valence-corrected chi connectivity index (χ2v) is 12.6. The number of ether oxygens (including phenoxy) is 1. The molecule has 7 heteroatoms. The number of likely N-dealkylation sites (tertiary alicyclic amines) is 1. The standard InChI is InChI=1S/C18H29NO4SSi/c1-6-25(7-2,8-3)23-16-15(14-10-9-11-24-14)19(17(16)20)18(21)22-12-13(4)5/h9-11,13,15-16H,6-8,12H2,1-5H3/t15-,16+/m1/s1. The minimum Gasteiger partial charge on any atom is -0.449 e. The van der Waals surface area contributed by atoms with Crippen LogP contribution in [0, 0.1) is 5.92 Å². The van der Waals surface area contributed by atoms with Crippen molar-refractivity contribution >= 4 is 31.7 Å². The van der Waals surface area contributed by atoms with Crippen LogP contribution in [0.2, 0.25) is 18.1 Å². The van der Waals surface area contributed by atoms with Crippen LogP contribution in [0.15, 0.2) is 17.5 Å². The number of hydrogen-bond acceptors (Lipinski definition) is 5. The van der Waals surface area contributed by atoms with Gasteiger partial charge in [0.05, 0.1) is 6.61 Å². The second kappa shape index (κ2) is 8.47. The summed E-state index contributed by atoms with van der Waals surface area (Å²) in [4.78, 5) is 27.3. The van der Waals surface area contributed by atoms with E-state index in [-0.39, 0.29) is 17.9 Å². The van der Waals surface area contributed by atoms with Crippen molar-refractivity contribution < 1.29 is 18.8 Å². The fourth-order valence-electron chi connectivity index (χ4n) is 3.09. The predicted molar refractivity (Wildman–Crippen MR) is 102 cm³/mol. The minimum absolute atomic E-state index is 0.230. The van der Waals surface area contributed by atoms with Crippen molar-refractivity contribution in [2.45, 2.75) is 64.9 Å². The summed E-state index contributed by atoms with van der Waals surface area (Å²) in [6.07, 6.45) is -1.12. The second-order valence-electron chi connectivity index (χ2n) is 6.92. The maximum atomic E-state index is 12.7. The highest BCUT2D eigenvalue weighted by atomic mass is 32.1. The molecule has 5 nitrogen and oxygen atoms in total. The molecule has 0 spiro atoms. The molecule has 0 unspecified atom stereocenters. The fraction of sp³-hybridized carbons (Fsp3) is 0.667. The van der Waals surface area contributed by atoms with Crippen molar-refractivity contribution in [3.63, 3.8) is 0 Å². The average Bonchev–Trinajstić information content (AvgIpc) is 3.12. The summed E-state index contributed by atoms with van der Waals surface area (Å²) in [5.41, 5.74) is 0. The molecule has 0 bridgehead atoms. The molecule has 2 amide bonds. The van der Waals surface area contributed by atoms with Crippen LogP contribution in [-0.2, 0) is 14.0 Å². The van der Waals surface area contributed by atoms with E-state index in [0.29, 0.717) is 6.61 Å². The molecule has 1 aliphatic heterocycles. The summed E-state index contributed by atoms with van der Waals surface area (Å²) in [6.45, 7) is 10.7. The molecule has 0 radical (unpaired) electrons. The Labute approximate surface area is 155 Å². The summed E-state index contributed by atoms with van der Waals surface area (Å²) < 4.78 is 11.7. The monoisotopic (exact) mass is 383 g/mol. The molecule has 2 heterocycles. The average molecular weight is 384 g/mol. The number of hydrogen-bond donors (Lipinski definition) is 0. The topological polar surface area (TPSA) is 55.8 Å². The number of carbonyl (C=O) groups is 2. The van der Waals surface area contributed by atoms with Crippen molar-refractivity contribution in [2.75, 3.05) is 6.61 Å².